The molecule has 11 heteroatoms. The number of anilines is 1. The number of carbonyl (C=O) groups is 2. The summed E-state index contributed by atoms with van der Waals surface area (Å²) in [4.78, 5) is 38.7. The summed E-state index contributed by atoms with van der Waals surface area (Å²) in [5.74, 6) is -0.602. The molecule has 0 aliphatic heterocycles. The third kappa shape index (κ3) is 7.14. The molecule has 0 aliphatic carbocycles. The van der Waals surface area contributed by atoms with E-state index in [0.29, 0.717) is 17.9 Å². The Balaban J connectivity index is 1.49. The van der Waals surface area contributed by atoms with Crippen LogP contribution in [0.25, 0.3) is 6.08 Å². The van der Waals surface area contributed by atoms with Crippen molar-refractivity contribution < 1.29 is 28.7 Å². The lowest BCUT2D eigenvalue weighted by molar-refractivity contribution is -0.384. The van der Waals surface area contributed by atoms with Crippen LogP contribution in [0.4, 0.5) is 11.4 Å². The second kappa shape index (κ2) is 11.6. The number of hydrogen-bond acceptors (Lipinski definition) is 9. The van der Waals surface area contributed by atoms with Gasteiger partial charge in [0.05, 0.1) is 34.5 Å². The Kier molecular flexibility index (Phi) is 8.30. The summed E-state index contributed by atoms with van der Waals surface area (Å²) in [6, 6.07) is 10.9. The van der Waals surface area contributed by atoms with Crippen molar-refractivity contribution in [1.29, 1.82) is 0 Å². The number of esters is 1. The summed E-state index contributed by atoms with van der Waals surface area (Å²) in [5.41, 5.74) is 1.59. The average molecular weight is 484 g/mol. The summed E-state index contributed by atoms with van der Waals surface area (Å²) in [5, 5.41) is 16.2. The summed E-state index contributed by atoms with van der Waals surface area (Å²) in [6.45, 7) is 1.72. The molecule has 2 aromatic carbocycles. The minimum absolute atomic E-state index is 0.112. The number of nitro groups is 1. The van der Waals surface area contributed by atoms with Gasteiger partial charge in [0.25, 0.3) is 11.6 Å². The number of thiazole rings is 1. The smallest absolute Gasteiger partial charge is 0.331 e. The van der Waals surface area contributed by atoms with Crippen LogP contribution >= 0.6 is 11.3 Å². The van der Waals surface area contributed by atoms with Gasteiger partial charge in [-0.05, 0) is 36.8 Å². The van der Waals surface area contributed by atoms with E-state index in [2.05, 4.69) is 10.3 Å². The molecule has 1 aromatic heterocycles. The zero-order chi connectivity index (χ0) is 24.5. The van der Waals surface area contributed by atoms with Crippen molar-refractivity contribution in [2.75, 3.05) is 19.0 Å². The normalized spacial score (nSPS) is 10.6. The molecule has 0 spiro atoms. The number of nitro benzene ring substituents is 1. The van der Waals surface area contributed by atoms with Gasteiger partial charge in [-0.2, -0.15) is 0 Å². The molecule has 0 unspecified atom stereocenters. The number of non-ortho nitro benzene ring substituents is 1. The van der Waals surface area contributed by atoms with E-state index in [1.807, 2.05) is 12.3 Å². The van der Waals surface area contributed by atoms with E-state index in [0.717, 1.165) is 10.7 Å². The molecular formula is C23H21N3O7S. The van der Waals surface area contributed by atoms with Gasteiger partial charge in [-0.25, -0.2) is 9.78 Å². The number of aromatic nitrogens is 1. The zero-order valence-electron chi connectivity index (χ0n) is 18.3. The van der Waals surface area contributed by atoms with Gasteiger partial charge in [-0.3, -0.25) is 14.9 Å². The maximum absolute atomic E-state index is 12.1. The molecular weight excluding hydrogens is 462 g/mol. The number of hydrogen-bond donors (Lipinski definition) is 1. The van der Waals surface area contributed by atoms with E-state index in [9.17, 15) is 19.7 Å². The number of rotatable bonds is 10. The van der Waals surface area contributed by atoms with E-state index < -0.39 is 23.4 Å². The van der Waals surface area contributed by atoms with Crippen LogP contribution in [0, 0.1) is 17.0 Å². The molecule has 3 rings (SSSR count). The Labute approximate surface area is 199 Å². The largest absolute Gasteiger partial charge is 0.494 e. The van der Waals surface area contributed by atoms with Gasteiger partial charge in [0.1, 0.15) is 18.1 Å². The molecule has 1 heterocycles. The van der Waals surface area contributed by atoms with Gasteiger partial charge in [0, 0.05) is 17.5 Å². The fraction of sp³-hybridized carbons (Fsp3) is 0.174. The molecule has 3 aromatic rings. The Morgan fingerprint density at radius 2 is 2.06 bits per heavy atom. The third-order valence-corrected chi connectivity index (χ3v) is 5.16. The standard InChI is InChI=1S/C23H21N3O7S/c1-15-24-17(14-34-15)12-32-19-5-3-4-16(10-19)6-9-23(28)33-13-22(27)25-20-8-7-18(26(29)30)11-21(20)31-2/h3-11,14H,12-13H2,1-2H3,(H,25,27). The van der Waals surface area contributed by atoms with E-state index in [-0.39, 0.29) is 17.1 Å². The van der Waals surface area contributed by atoms with Crippen LogP contribution in [0.15, 0.2) is 53.9 Å². The van der Waals surface area contributed by atoms with Crippen molar-refractivity contribution >= 4 is 40.7 Å². The highest BCUT2D eigenvalue weighted by atomic mass is 32.1. The van der Waals surface area contributed by atoms with Crippen LogP contribution in [0.2, 0.25) is 0 Å². The summed E-state index contributed by atoms with van der Waals surface area (Å²) in [7, 11) is 1.32. The number of nitrogens with one attached hydrogen (secondary N) is 1. The van der Waals surface area contributed by atoms with Crippen molar-refractivity contribution in [3.63, 3.8) is 0 Å². The first-order valence-corrected chi connectivity index (χ1v) is 10.8. The quantitative estimate of drug-likeness (QED) is 0.197. The second-order valence-corrected chi connectivity index (χ2v) is 7.91. The third-order valence-electron chi connectivity index (χ3n) is 4.34. The van der Waals surface area contributed by atoms with Gasteiger partial charge in [0.15, 0.2) is 6.61 Å². The molecule has 0 aliphatic rings. The molecule has 34 heavy (non-hydrogen) atoms. The maximum Gasteiger partial charge on any atom is 0.331 e. The van der Waals surface area contributed by atoms with Crippen LogP contribution in [-0.2, 0) is 20.9 Å². The predicted molar refractivity (Wildman–Crippen MR) is 126 cm³/mol. The first kappa shape index (κ1) is 24.4. The van der Waals surface area contributed by atoms with E-state index >= 15 is 0 Å². The lowest BCUT2D eigenvalue weighted by atomic mass is 10.2. The molecule has 0 atom stereocenters. The summed E-state index contributed by atoms with van der Waals surface area (Å²) >= 11 is 1.55. The number of aryl methyl sites for hydroxylation is 1. The van der Waals surface area contributed by atoms with Crippen LogP contribution in [-0.4, -0.2) is 35.5 Å². The number of methoxy groups -OCH3 is 1. The van der Waals surface area contributed by atoms with Gasteiger partial charge in [-0.15, -0.1) is 11.3 Å². The minimum Gasteiger partial charge on any atom is -0.494 e. The highest BCUT2D eigenvalue weighted by Gasteiger charge is 2.14. The number of ether oxygens (including phenoxy) is 3. The molecule has 176 valence electrons. The fourth-order valence-electron chi connectivity index (χ4n) is 2.77. The summed E-state index contributed by atoms with van der Waals surface area (Å²) < 4.78 is 15.7. The molecule has 0 saturated carbocycles. The van der Waals surface area contributed by atoms with Crippen LogP contribution < -0.4 is 14.8 Å². The molecule has 10 nitrogen and oxygen atoms in total. The monoisotopic (exact) mass is 483 g/mol. The van der Waals surface area contributed by atoms with Crippen molar-refractivity contribution in [3.8, 4) is 11.5 Å². The SMILES string of the molecule is COc1cc([N+](=O)[O-])ccc1NC(=O)COC(=O)C=Cc1cccc(OCc2csc(C)n2)c1. The number of carbonyl (C=O) groups excluding carboxylic acids is 2. The second-order valence-electron chi connectivity index (χ2n) is 6.85. The predicted octanol–water partition coefficient (Wildman–Crippen LogP) is 4.14. The topological polar surface area (TPSA) is 130 Å². The molecule has 1 N–H and O–H groups in total. The average Bonchev–Trinajstić information content (AvgIpc) is 3.25. The van der Waals surface area contributed by atoms with Gasteiger partial charge in [-0.1, -0.05) is 12.1 Å². The van der Waals surface area contributed by atoms with Crippen LogP contribution in [0.1, 0.15) is 16.3 Å². The molecule has 1 amide bonds. The molecule has 0 bridgehead atoms. The van der Waals surface area contributed by atoms with E-state index in [1.165, 1.54) is 31.4 Å². The number of amides is 1. The Morgan fingerprint density at radius 3 is 2.76 bits per heavy atom. The van der Waals surface area contributed by atoms with Gasteiger partial charge in [0.2, 0.25) is 0 Å². The van der Waals surface area contributed by atoms with Crippen molar-refractivity contribution in [2.24, 2.45) is 0 Å². The molecule has 0 fully saturated rings. The Bertz CT molecular complexity index is 1220. The first-order chi connectivity index (χ1) is 16.3. The highest BCUT2D eigenvalue weighted by Crippen LogP contribution is 2.28. The maximum atomic E-state index is 12.1. The first-order valence-electron chi connectivity index (χ1n) is 9.95. The van der Waals surface area contributed by atoms with Crippen molar-refractivity contribution in [3.05, 3.63) is 80.3 Å². The van der Waals surface area contributed by atoms with Crippen molar-refractivity contribution in [1.82, 2.24) is 4.98 Å². The Morgan fingerprint density at radius 1 is 1.24 bits per heavy atom. The van der Waals surface area contributed by atoms with Crippen molar-refractivity contribution in [2.45, 2.75) is 13.5 Å². The lowest BCUT2D eigenvalue weighted by Crippen LogP contribution is -2.20. The fourth-order valence-corrected chi connectivity index (χ4v) is 3.37. The van der Waals surface area contributed by atoms with Gasteiger partial charge >= 0.3 is 5.97 Å². The highest BCUT2D eigenvalue weighted by molar-refractivity contribution is 7.09. The van der Waals surface area contributed by atoms with E-state index in [4.69, 9.17) is 14.2 Å². The zero-order valence-corrected chi connectivity index (χ0v) is 19.2. The number of benzene rings is 2. The van der Waals surface area contributed by atoms with Crippen LogP contribution in [0.3, 0.4) is 0 Å². The minimum atomic E-state index is -0.713. The van der Waals surface area contributed by atoms with Crippen LogP contribution in [0.5, 0.6) is 11.5 Å². The molecule has 0 saturated heterocycles. The number of nitrogens with zero attached hydrogens (tertiary/aromatic N) is 2. The Hall–Kier alpha value is -4.25. The molecule has 0 radical (unpaired) electrons. The van der Waals surface area contributed by atoms with Gasteiger partial charge < -0.3 is 19.5 Å². The lowest BCUT2D eigenvalue weighted by Gasteiger charge is -2.09. The van der Waals surface area contributed by atoms with E-state index in [1.54, 1.807) is 41.7 Å². The summed E-state index contributed by atoms with van der Waals surface area (Å²) in [6.07, 6.45) is 2.74.